The minimum absolute atomic E-state index is 0.0880. The number of fused-ring (bicyclic) bond motifs is 1. The highest BCUT2D eigenvalue weighted by molar-refractivity contribution is 5.91. The van der Waals surface area contributed by atoms with E-state index in [1.54, 1.807) is 0 Å². The second-order valence-corrected chi connectivity index (χ2v) is 10.3. The van der Waals surface area contributed by atoms with E-state index in [-0.39, 0.29) is 36.1 Å². The molecule has 4 aromatic rings. The highest BCUT2D eigenvalue weighted by atomic mass is 16.5. The zero-order valence-corrected chi connectivity index (χ0v) is 21.9. The summed E-state index contributed by atoms with van der Waals surface area (Å²) >= 11 is 0. The average molecular weight is 522 g/mol. The molecule has 0 spiro atoms. The molecule has 1 atom stereocenters. The van der Waals surface area contributed by atoms with Crippen LogP contribution in [0.4, 0.5) is 0 Å². The maximum Gasteiger partial charge on any atom is 0.273 e. The van der Waals surface area contributed by atoms with Crippen LogP contribution in [0, 0.1) is 12.8 Å². The van der Waals surface area contributed by atoms with Crippen molar-refractivity contribution in [1.29, 1.82) is 0 Å². The Kier molecular flexibility index (Phi) is 6.88. The highest BCUT2D eigenvalue weighted by Crippen LogP contribution is 2.41. The fourth-order valence-corrected chi connectivity index (χ4v) is 5.09. The molecule has 39 heavy (non-hydrogen) atoms. The lowest BCUT2D eigenvalue weighted by Gasteiger charge is -2.38. The molecule has 1 aliphatic heterocycles. The molecular weight excluding hydrogens is 490 g/mol. The molecule has 2 amide bonds. The van der Waals surface area contributed by atoms with Crippen molar-refractivity contribution in [2.45, 2.75) is 45.4 Å². The molecule has 2 aliphatic rings. The minimum atomic E-state index is -0.302. The van der Waals surface area contributed by atoms with Gasteiger partial charge in [0.15, 0.2) is 12.3 Å². The first-order chi connectivity index (χ1) is 19.0. The lowest BCUT2D eigenvalue weighted by molar-refractivity contribution is -0.134. The van der Waals surface area contributed by atoms with Crippen LogP contribution in [-0.2, 0) is 24.4 Å². The van der Waals surface area contributed by atoms with E-state index in [2.05, 4.69) is 47.6 Å². The van der Waals surface area contributed by atoms with Gasteiger partial charge in [-0.25, -0.2) is 4.98 Å². The van der Waals surface area contributed by atoms with Crippen molar-refractivity contribution in [1.82, 2.24) is 15.2 Å². The molecule has 0 unspecified atom stereocenters. The van der Waals surface area contributed by atoms with Crippen LogP contribution in [0.2, 0.25) is 0 Å². The van der Waals surface area contributed by atoms with Gasteiger partial charge in [0.25, 0.3) is 5.91 Å². The van der Waals surface area contributed by atoms with Gasteiger partial charge in [-0.05, 0) is 60.6 Å². The highest BCUT2D eigenvalue weighted by Gasteiger charge is 2.39. The molecule has 0 radical (unpaired) electrons. The number of hydrogen-bond donors (Lipinski definition) is 1. The summed E-state index contributed by atoms with van der Waals surface area (Å²) in [4.78, 5) is 32.1. The molecule has 1 aliphatic carbocycles. The van der Waals surface area contributed by atoms with Crippen molar-refractivity contribution in [3.05, 3.63) is 118 Å². The van der Waals surface area contributed by atoms with E-state index in [4.69, 9.17) is 9.15 Å². The monoisotopic (exact) mass is 521 g/mol. The first kappa shape index (κ1) is 24.9. The maximum atomic E-state index is 13.2. The van der Waals surface area contributed by atoms with E-state index in [9.17, 15) is 9.59 Å². The van der Waals surface area contributed by atoms with Gasteiger partial charge in [0, 0.05) is 19.0 Å². The Hall–Kier alpha value is -4.39. The van der Waals surface area contributed by atoms with Gasteiger partial charge in [-0.15, -0.1) is 0 Å². The first-order valence-corrected chi connectivity index (χ1v) is 13.4. The summed E-state index contributed by atoms with van der Waals surface area (Å²) < 4.78 is 11.6. The van der Waals surface area contributed by atoms with Gasteiger partial charge < -0.3 is 19.4 Å². The molecule has 7 heteroatoms. The Bertz CT molecular complexity index is 1480. The predicted molar refractivity (Wildman–Crippen MR) is 146 cm³/mol. The molecule has 1 fully saturated rings. The number of oxazole rings is 1. The standard InChI is InChI=1S/C32H31N3O4/c1-21-7-9-24(10-8-21)30-27-17-26(14-13-23(27)15-16-35(30)32(37)25-11-12-25)38-20-29-34-28(19-39-29)31(36)33-18-22-5-3-2-4-6-22/h2-10,13-14,17,19,25,30H,11-12,15-16,18,20H2,1H3,(H,33,36)/t30-/m0/s1. The number of hydrogen-bond acceptors (Lipinski definition) is 5. The van der Waals surface area contributed by atoms with Crippen molar-refractivity contribution in [2.75, 3.05) is 6.54 Å². The van der Waals surface area contributed by atoms with Crippen LogP contribution < -0.4 is 10.1 Å². The Morgan fingerprint density at radius 3 is 2.62 bits per heavy atom. The van der Waals surface area contributed by atoms with Crippen LogP contribution in [0.5, 0.6) is 5.75 Å². The average Bonchev–Trinajstić information content (AvgIpc) is 3.72. The number of nitrogens with zero attached hydrogens (tertiary/aromatic N) is 2. The second-order valence-electron chi connectivity index (χ2n) is 10.3. The topological polar surface area (TPSA) is 84.7 Å². The minimum Gasteiger partial charge on any atom is -0.484 e. The normalized spacial score (nSPS) is 16.4. The lowest BCUT2D eigenvalue weighted by atomic mass is 9.87. The number of carbonyl (C=O) groups is 2. The van der Waals surface area contributed by atoms with Crippen molar-refractivity contribution in [2.24, 2.45) is 5.92 Å². The van der Waals surface area contributed by atoms with E-state index >= 15 is 0 Å². The number of ether oxygens (including phenoxy) is 1. The Morgan fingerprint density at radius 1 is 1.05 bits per heavy atom. The maximum absolute atomic E-state index is 13.2. The zero-order chi connectivity index (χ0) is 26.8. The zero-order valence-electron chi connectivity index (χ0n) is 21.9. The molecule has 2 heterocycles. The van der Waals surface area contributed by atoms with E-state index < -0.39 is 0 Å². The fraction of sp³-hybridized carbons (Fsp3) is 0.281. The number of rotatable bonds is 8. The van der Waals surface area contributed by atoms with Gasteiger partial charge in [0.05, 0.1) is 6.04 Å². The van der Waals surface area contributed by atoms with Gasteiger partial charge in [-0.2, -0.15) is 0 Å². The Morgan fingerprint density at radius 2 is 1.85 bits per heavy atom. The summed E-state index contributed by atoms with van der Waals surface area (Å²) in [5.41, 5.74) is 5.82. The summed E-state index contributed by atoms with van der Waals surface area (Å²) in [5, 5.41) is 2.85. The molecule has 1 N–H and O–H groups in total. The quantitative estimate of drug-likeness (QED) is 0.337. The first-order valence-electron chi connectivity index (χ1n) is 13.4. The summed E-state index contributed by atoms with van der Waals surface area (Å²) in [6.07, 6.45) is 4.13. The summed E-state index contributed by atoms with van der Waals surface area (Å²) in [6.45, 7) is 3.28. The van der Waals surface area contributed by atoms with E-state index in [1.165, 1.54) is 17.4 Å². The van der Waals surface area contributed by atoms with Crippen molar-refractivity contribution >= 4 is 11.8 Å². The van der Waals surface area contributed by atoms with Crippen molar-refractivity contribution in [3.63, 3.8) is 0 Å². The largest absolute Gasteiger partial charge is 0.484 e. The van der Waals surface area contributed by atoms with Gasteiger partial charge in [-0.3, -0.25) is 9.59 Å². The summed E-state index contributed by atoms with van der Waals surface area (Å²) in [7, 11) is 0. The van der Waals surface area contributed by atoms with Crippen LogP contribution in [0.3, 0.4) is 0 Å². The molecule has 0 bridgehead atoms. The van der Waals surface area contributed by atoms with Crippen LogP contribution in [0.15, 0.2) is 83.5 Å². The molecule has 0 saturated heterocycles. The SMILES string of the molecule is Cc1ccc([C@H]2c3cc(OCc4nc(C(=O)NCc5ccccc5)co4)ccc3CCN2C(=O)C2CC2)cc1. The number of aryl methyl sites for hydroxylation is 1. The summed E-state index contributed by atoms with van der Waals surface area (Å²) in [6, 6.07) is 24.0. The van der Waals surface area contributed by atoms with Gasteiger partial charge in [0.1, 0.15) is 12.0 Å². The van der Waals surface area contributed by atoms with Gasteiger partial charge in [0.2, 0.25) is 11.8 Å². The third-order valence-electron chi connectivity index (χ3n) is 7.39. The molecule has 7 nitrogen and oxygen atoms in total. The molecule has 198 valence electrons. The third kappa shape index (κ3) is 5.58. The van der Waals surface area contributed by atoms with Gasteiger partial charge in [-0.1, -0.05) is 66.2 Å². The molecular formula is C32H31N3O4. The van der Waals surface area contributed by atoms with E-state index in [1.807, 2.05) is 47.4 Å². The van der Waals surface area contributed by atoms with Crippen LogP contribution in [0.25, 0.3) is 0 Å². The van der Waals surface area contributed by atoms with E-state index in [0.717, 1.165) is 36.0 Å². The second kappa shape index (κ2) is 10.8. The van der Waals surface area contributed by atoms with E-state index in [0.29, 0.717) is 24.7 Å². The molecule has 3 aromatic carbocycles. The number of carbonyl (C=O) groups excluding carboxylic acids is 2. The smallest absolute Gasteiger partial charge is 0.273 e. The van der Waals surface area contributed by atoms with Crippen molar-refractivity contribution in [3.8, 4) is 5.75 Å². The number of nitrogens with one attached hydrogen (secondary N) is 1. The van der Waals surface area contributed by atoms with Crippen LogP contribution in [-0.4, -0.2) is 28.2 Å². The lowest BCUT2D eigenvalue weighted by Crippen LogP contribution is -2.41. The summed E-state index contributed by atoms with van der Waals surface area (Å²) in [5.74, 6) is 1.08. The number of aromatic nitrogens is 1. The fourth-order valence-electron chi connectivity index (χ4n) is 5.09. The van der Waals surface area contributed by atoms with Gasteiger partial charge >= 0.3 is 0 Å². The molecule has 1 saturated carbocycles. The Labute approximate surface area is 227 Å². The van der Waals surface area contributed by atoms with Crippen LogP contribution in [0.1, 0.15) is 63.1 Å². The number of amides is 2. The number of benzene rings is 3. The Balaban J connectivity index is 1.17. The van der Waals surface area contributed by atoms with Crippen LogP contribution >= 0.6 is 0 Å². The third-order valence-corrected chi connectivity index (χ3v) is 7.39. The predicted octanol–water partition coefficient (Wildman–Crippen LogP) is 5.38. The van der Waals surface area contributed by atoms with Crippen molar-refractivity contribution < 1.29 is 18.7 Å². The molecule has 6 rings (SSSR count). The molecule has 1 aromatic heterocycles.